The summed E-state index contributed by atoms with van der Waals surface area (Å²) < 4.78 is 4.58. The summed E-state index contributed by atoms with van der Waals surface area (Å²) in [4.78, 5) is 22.9. The number of ketones is 1. The van der Waals surface area contributed by atoms with Crippen molar-refractivity contribution in [3.05, 3.63) is 83.6 Å². The molecule has 110 valence electrons. The van der Waals surface area contributed by atoms with Gasteiger partial charge in [-0.15, -0.1) is 0 Å². The molecule has 0 unspecified atom stereocenters. The van der Waals surface area contributed by atoms with E-state index in [1.165, 1.54) is 12.2 Å². The molecule has 0 spiro atoms. The number of rotatable bonds is 5. The van der Waals surface area contributed by atoms with Crippen LogP contribution in [0.15, 0.2) is 72.5 Å². The highest BCUT2D eigenvalue weighted by Crippen LogP contribution is 2.11. The molecule has 2 rings (SSSR count). The minimum atomic E-state index is -1.52. The molecule has 0 saturated heterocycles. The number of hydrogen-bond acceptors (Lipinski definition) is 3. The van der Waals surface area contributed by atoms with Gasteiger partial charge in [0.15, 0.2) is 5.76 Å². The van der Waals surface area contributed by atoms with E-state index in [1.54, 1.807) is 30.3 Å². The lowest BCUT2D eigenvalue weighted by Gasteiger charge is -2.02. The first-order chi connectivity index (χ1) is 10.6. The summed E-state index contributed by atoms with van der Waals surface area (Å²) >= 11 is 0. The normalized spacial score (nSPS) is 11.4. The van der Waals surface area contributed by atoms with Crippen LogP contribution >= 0.6 is 0 Å². The maximum absolute atomic E-state index is 12.1. The Kier molecular flexibility index (Phi) is 5.26. The van der Waals surface area contributed by atoms with Crippen LogP contribution in [0.1, 0.15) is 11.1 Å². The molecule has 0 aliphatic rings. The number of carboxylic acid groups (broad SMARTS) is 1. The summed E-state index contributed by atoms with van der Waals surface area (Å²) in [5.74, 6) is -0.763. The van der Waals surface area contributed by atoms with Gasteiger partial charge < -0.3 is 9.84 Å². The zero-order valence-electron chi connectivity index (χ0n) is 11.7. The molecule has 2 aromatic carbocycles. The third kappa shape index (κ3) is 4.76. The van der Waals surface area contributed by atoms with Crippen molar-refractivity contribution >= 4 is 24.1 Å². The van der Waals surface area contributed by atoms with Gasteiger partial charge in [-0.3, -0.25) is 4.79 Å². The number of carbonyl (C=O) groups excluding carboxylic acids is 1. The van der Waals surface area contributed by atoms with Gasteiger partial charge in [-0.2, -0.15) is 0 Å². The zero-order chi connectivity index (χ0) is 15.8. The Morgan fingerprint density at radius 3 is 1.95 bits per heavy atom. The minimum absolute atomic E-state index is 0.245. The molecule has 0 aromatic heterocycles. The van der Waals surface area contributed by atoms with Crippen LogP contribution in [0.2, 0.25) is 0 Å². The lowest BCUT2D eigenvalue weighted by Crippen LogP contribution is -2.08. The van der Waals surface area contributed by atoms with Gasteiger partial charge >= 0.3 is 6.16 Å². The van der Waals surface area contributed by atoms with E-state index in [9.17, 15) is 9.59 Å². The van der Waals surface area contributed by atoms with Crippen LogP contribution in [-0.4, -0.2) is 17.0 Å². The van der Waals surface area contributed by atoms with E-state index in [-0.39, 0.29) is 5.76 Å². The first-order valence-electron chi connectivity index (χ1n) is 6.60. The van der Waals surface area contributed by atoms with Crippen LogP contribution < -0.4 is 0 Å². The molecule has 0 atom stereocenters. The molecule has 22 heavy (non-hydrogen) atoms. The first kappa shape index (κ1) is 15.3. The van der Waals surface area contributed by atoms with Crippen molar-refractivity contribution in [2.75, 3.05) is 0 Å². The van der Waals surface area contributed by atoms with Crippen molar-refractivity contribution in [3.63, 3.8) is 0 Å². The third-order valence-corrected chi connectivity index (χ3v) is 2.76. The van der Waals surface area contributed by atoms with Crippen molar-refractivity contribution in [3.8, 4) is 0 Å². The van der Waals surface area contributed by atoms with E-state index in [0.29, 0.717) is 5.56 Å². The Hall–Kier alpha value is -3.14. The fourth-order valence-corrected chi connectivity index (χ4v) is 1.76. The van der Waals surface area contributed by atoms with E-state index < -0.39 is 11.9 Å². The molecule has 0 radical (unpaired) electrons. The van der Waals surface area contributed by atoms with Gasteiger partial charge in [0.25, 0.3) is 0 Å². The number of carbonyl (C=O) groups is 2. The highest BCUT2D eigenvalue weighted by atomic mass is 16.7. The van der Waals surface area contributed by atoms with Crippen molar-refractivity contribution in [1.82, 2.24) is 0 Å². The quantitative estimate of drug-likeness (QED) is 0.514. The maximum Gasteiger partial charge on any atom is 0.511 e. The molecule has 1 N–H and O–H groups in total. The molecule has 0 amide bonds. The lowest BCUT2D eigenvalue weighted by molar-refractivity contribution is -0.113. The maximum atomic E-state index is 12.1. The monoisotopic (exact) mass is 294 g/mol. The molecule has 0 fully saturated rings. The van der Waals surface area contributed by atoms with E-state index >= 15 is 0 Å². The lowest BCUT2D eigenvalue weighted by atomic mass is 10.1. The van der Waals surface area contributed by atoms with Crippen LogP contribution in [0.3, 0.4) is 0 Å². The van der Waals surface area contributed by atoms with E-state index in [0.717, 1.165) is 5.56 Å². The van der Waals surface area contributed by atoms with Crippen LogP contribution in [0, 0.1) is 0 Å². The zero-order valence-corrected chi connectivity index (χ0v) is 11.7. The molecule has 0 aliphatic heterocycles. The molecule has 0 heterocycles. The van der Waals surface area contributed by atoms with Gasteiger partial charge in [-0.1, -0.05) is 66.7 Å². The average Bonchev–Trinajstić information content (AvgIpc) is 2.53. The second kappa shape index (κ2) is 7.59. The third-order valence-electron chi connectivity index (χ3n) is 2.76. The van der Waals surface area contributed by atoms with Crippen molar-refractivity contribution in [2.45, 2.75) is 0 Å². The Balaban J connectivity index is 2.22. The number of ether oxygens (including phenoxy) is 1. The molecule has 4 heteroatoms. The first-order valence-corrected chi connectivity index (χ1v) is 6.60. The second-order valence-electron chi connectivity index (χ2n) is 4.40. The van der Waals surface area contributed by atoms with Gasteiger partial charge in [0.2, 0.25) is 5.78 Å². The summed E-state index contributed by atoms with van der Waals surface area (Å²) in [5, 5.41) is 8.76. The predicted molar refractivity (Wildman–Crippen MR) is 84.0 cm³/mol. The Bertz CT molecular complexity index is 700. The standard InChI is InChI=1S/C18H14O4/c19-16(12-11-14-7-3-1-4-8-14)17(22-18(20)21)13-15-9-5-2-6-10-15/h1-13H,(H,20,21). The Labute approximate surface area is 128 Å². The largest absolute Gasteiger partial charge is 0.511 e. The van der Waals surface area contributed by atoms with Gasteiger partial charge in [0, 0.05) is 0 Å². The van der Waals surface area contributed by atoms with Crippen molar-refractivity contribution in [2.24, 2.45) is 0 Å². The van der Waals surface area contributed by atoms with Crippen LogP contribution in [0.25, 0.3) is 12.2 Å². The summed E-state index contributed by atoms with van der Waals surface area (Å²) in [6.45, 7) is 0. The predicted octanol–water partition coefficient (Wildman–Crippen LogP) is 4.00. The van der Waals surface area contributed by atoms with E-state index in [1.807, 2.05) is 36.4 Å². The summed E-state index contributed by atoms with van der Waals surface area (Å²) in [5.41, 5.74) is 1.52. The molecular weight excluding hydrogens is 280 g/mol. The number of benzene rings is 2. The van der Waals surface area contributed by atoms with Gasteiger partial charge in [-0.25, -0.2) is 4.79 Å². The highest BCUT2D eigenvalue weighted by Gasteiger charge is 2.12. The molecule has 0 aliphatic carbocycles. The Morgan fingerprint density at radius 1 is 0.864 bits per heavy atom. The SMILES string of the molecule is O=C(O)OC(=Cc1ccccc1)C(=O)C=Cc1ccccc1. The van der Waals surface area contributed by atoms with Crippen molar-refractivity contribution in [1.29, 1.82) is 0 Å². The van der Waals surface area contributed by atoms with Crippen LogP contribution in [0.4, 0.5) is 4.79 Å². The Morgan fingerprint density at radius 2 is 1.41 bits per heavy atom. The molecule has 0 bridgehead atoms. The van der Waals surface area contributed by atoms with E-state index in [2.05, 4.69) is 4.74 Å². The van der Waals surface area contributed by atoms with Crippen LogP contribution in [0.5, 0.6) is 0 Å². The second-order valence-corrected chi connectivity index (χ2v) is 4.40. The molecule has 0 saturated carbocycles. The number of hydrogen-bond donors (Lipinski definition) is 1. The fourth-order valence-electron chi connectivity index (χ4n) is 1.76. The average molecular weight is 294 g/mol. The van der Waals surface area contributed by atoms with Gasteiger partial charge in [0.05, 0.1) is 0 Å². The highest BCUT2D eigenvalue weighted by molar-refractivity contribution is 6.08. The van der Waals surface area contributed by atoms with Gasteiger partial charge in [-0.05, 0) is 23.3 Å². The summed E-state index contributed by atoms with van der Waals surface area (Å²) in [6, 6.07) is 18.1. The van der Waals surface area contributed by atoms with Crippen molar-refractivity contribution < 1.29 is 19.4 Å². The molecule has 4 nitrogen and oxygen atoms in total. The summed E-state index contributed by atoms with van der Waals surface area (Å²) in [6.07, 6.45) is 2.76. The topological polar surface area (TPSA) is 63.6 Å². The molecule has 2 aromatic rings. The minimum Gasteiger partial charge on any atom is -0.449 e. The number of allylic oxidation sites excluding steroid dienone is 1. The summed E-state index contributed by atoms with van der Waals surface area (Å²) in [7, 11) is 0. The molecular formula is C18H14O4. The van der Waals surface area contributed by atoms with Gasteiger partial charge in [0.1, 0.15) is 0 Å². The fraction of sp³-hybridized carbons (Fsp3) is 0. The van der Waals surface area contributed by atoms with E-state index in [4.69, 9.17) is 5.11 Å². The smallest absolute Gasteiger partial charge is 0.449 e. The van der Waals surface area contributed by atoms with Crippen LogP contribution in [-0.2, 0) is 9.53 Å².